The van der Waals surface area contributed by atoms with Crippen LogP contribution in [0, 0.1) is 0 Å². The molecule has 0 aliphatic heterocycles. The van der Waals surface area contributed by atoms with Crippen LogP contribution in [0.4, 0.5) is 5.69 Å². The van der Waals surface area contributed by atoms with E-state index in [0.29, 0.717) is 10.2 Å². The maximum absolute atomic E-state index is 12.4. The van der Waals surface area contributed by atoms with Crippen molar-refractivity contribution in [3.05, 3.63) is 16.6 Å². The highest BCUT2D eigenvalue weighted by Crippen LogP contribution is 2.32. The minimum Gasteiger partial charge on any atom is -0.495 e. The Labute approximate surface area is 132 Å². The van der Waals surface area contributed by atoms with Gasteiger partial charge in [0, 0.05) is 16.2 Å². The predicted octanol–water partition coefficient (Wildman–Crippen LogP) is 2.46. The average Bonchev–Trinajstić information content (AvgIpc) is 2.38. The van der Waals surface area contributed by atoms with Crippen molar-refractivity contribution >= 4 is 43.4 Å². The van der Waals surface area contributed by atoms with Crippen molar-refractivity contribution in [3.8, 4) is 5.75 Å². The summed E-state index contributed by atoms with van der Waals surface area (Å²) in [7, 11) is -2.23. The van der Waals surface area contributed by atoms with Crippen LogP contribution in [-0.2, 0) is 10.0 Å². The molecule has 3 N–H and O–H groups in total. The van der Waals surface area contributed by atoms with Crippen molar-refractivity contribution in [2.24, 2.45) is 0 Å². The Kier molecular flexibility index (Phi) is 6.63. The number of rotatable bonds is 7. The van der Waals surface area contributed by atoms with Gasteiger partial charge in [-0.25, -0.2) is 13.1 Å². The Balaban J connectivity index is 3.06. The zero-order valence-electron chi connectivity index (χ0n) is 11.6. The molecule has 0 aromatic heterocycles. The van der Waals surface area contributed by atoms with E-state index >= 15 is 0 Å². The predicted molar refractivity (Wildman–Crippen MR) is 87.9 cm³/mol. The topological polar surface area (TPSA) is 81.4 Å². The first kappa shape index (κ1) is 17.6. The van der Waals surface area contributed by atoms with Gasteiger partial charge >= 0.3 is 0 Å². The van der Waals surface area contributed by atoms with E-state index in [1.807, 2.05) is 13.2 Å². The van der Waals surface area contributed by atoms with E-state index in [2.05, 4.69) is 20.7 Å². The first-order valence-electron chi connectivity index (χ1n) is 5.96. The van der Waals surface area contributed by atoms with E-state index in [9.17, 15) is 8.42 Å². The second-order valence-electron chi connectivity index (χ2n) is 4.33. The summed E-state index contributed by atoms with van der Waals surface area (Å²) in [5.41, 5.74) is 6.10. The third kappa shape index (κ3) is 4.54. The molecule has 0 bridgehead atoms. The van der Waals surface area contributed by atoms with Gasteiger partial charge in [-0.3, -0.25) is 0 Å². The van der Waals surface area contributed by atoms with Gasteiger partial charge in [-0.05, 0) is 53.4 Å². The van der Waals surface area contributed by atoms with Gasteiger partial charge in [0.15, 0.2) is 0 Å². The number of ether oxygens (including phenoxy) is 1. The summed E-state index contributed by atoms with van der Waals surface area (Å²) in [5, 5.41) is 0. The average molecular weight is 383 g/mol. The van der Waals surface area contributed by atoms with Crippen molar-refractivity contribution < 1.29 is 13.2 Å². The standard InChI is InChI=1S/C12H19BrN2O3S2/c1-8(4-5-19-3)15-20(16,17)12-7-10(14)9(13)6-11(12)18-2/h6-8,15H,4-5,14H2,1-3H3. The molecule has 0 amide bonds. The molecule has 0 radical (unpaired) electrons. The normalized spacial score (nSPS) is 13.2. The molecule has 0 aliphatic rings. The largest absolute Gasteiger partial charge is 0.495 e. The summed E-state index contributed by atoms with van der Waals surface area (Å²) in [5.74, 6) is 1.15. The molecule has 0 saturated carbocycles. The Bertz CT molecular complexity index is 564. The fourth-order valence-corrected chi connectivity index (χ4v) is 3.98. The van der Waals surface area contributed by atoms with Gasteiger partial charge in [0.2, 0.25) is 10.0 Å². The monoisotopic (exact) mass is 382 g/mol. The van der Waals surface area contributed by atoms with E-state index in [1.54, 1.807) is 17.8 Å². The van der Waals surface area contributed by atoms with Crippen LogP contribution in [0.5, 0.6) is 5.75 Å². The molecular weight excluding hydrogens is 364 g/mol. The van der Waals surface area contributed by atoms with Gasteiger partial charge in [0.1, 0.15) is 10.6 Å². The summed E-state index contributed by atoms with van der Waals surface area (Å²) in [4.78, 5) is 0.0525. The van der Waals surface area contributed by atoms with Crippen molar-refractivity contribution in [1.29, 1.82) is 0 Å². The zero-order chi connectivity index (χ0) is 15.3. The lowest BCUT2D eigenvalue weighted by Crippen LogP contribution is -2.33. The maximum Gasteiger partial charge on any atom is 0.244 e. The fourth-order valence-electron chi connectivity index (χ4n) is 1.60. The number of nitrogen functional groups attached to an aromatic ring is 1. The van der Waals surface area contributed by atoms with Crippen LogP contribution in [0.2, 0.25) is 0 Å². The van der Waals surface area contributed by atoms with E-state index in [4.69, 9.17) is 10.5 Å². The zero-order valence-corrected chi connectivity index (χ0v) is 14.9. The highest BCUT2D eigenvalue weighted by Gasteiger charge is 2.23. The lowest BCUT2D eigenvalue weighted by molar-refractivity contribution is 0.402. The molecule has 5 nitrogen and oxygen atoms in total. The van der Waals surface area contributed by atoms with Crippen molar-refractivity contribution in [3.63, 3.8) is 0 Å². The van der Waals surface area contributed by atoms with Crippen molar-refractivity contribution in [1.82, 2.24) is 4.72 Å². The minimum atomic E-state index is -3.66. The van der Waals surface area contributed by atoms with Gasteiger partial charge < -0.3 is 10.5 Å². The molecule has 1 unspecified atom stereocenters. The van der Waals surface area contributed by atoms with Crippen molar-refractivity contribution in [2.45, 2.75) is 24.3 Å². The Hall–Kier alpha value is -0.440. The molecule has 0 saturated heterocycles. The first-order valence-corrected chi connectivity index (χ1v) is 9.63. The number of hydrogen-bond donors (Lipinski definition) is 2. The van der Waals surface area contributed by atoms with Crippen LogP contribution in [0.15, 0.2) is 21.5 Å². The Morgan fingerprint density at radius 1 is 1.50 bits per heavy atom. The van der Waals surface area contributed by atoms with E-state index in [1.165, 1.54) is 13.2 Å². The number of nitrogens with one attached hydrogen (secondary N) is 1. The fraction of sp³-hybridized carbons (Fsp3) is 0.500. The number of anilines is 1. The molecule has 1 atom stereocenters. The number of benzene rings is 1. The van der Waals surface area contributed by atoms with Crippen LogP contribution in [0.25, 0.3) is 0 Å². The first-order chi connectivity index (χ1) is 9.31. The number of hydrogen-bond acceptors (Lipinski definition) is 5. The highest BCUT2D eigenvalue weighted by molar-refractivity contribution is 9.10. The van der Waals surface area contributed by atoms with Crippen molar-refractivity contribution in [2.75, 3.05) is 24.9 Å². The van der Waals surface area contributed by atoms with E-state index in [0.717, 1.165) is 12.2 Å². The second-order valence-corrected chi connectivity index (χ2v) is 7.85. The number of methoxy groups -OCH3 is 1. The second kappa shape index (κ2) is 7.53. The summed E-state index contributed by atoms with van der Waals surface area (Å²) < 4.78 is 33.1. The Morgan fingerprint density at radius 2 is 2.15 bits per heavy atom. The van der Waals surface area contributed by atoms with E-state index in [-0.39, 0.29) is 16.7 Å². The maximum atomic E-state index is 12.4. The summed E-state index contributed by atoms with van der Waals surface area (Å²) >= 11 is 4.93. The van der Waals surface area contributed by atoms with Gasteiger partial charge in [0.25, 0.3) is 0 Å². The highest BCUT2D eigenvalue weighted by atomic mass is 79.9. The van der Waals surface area contributed by atoms with Gasteiger partial charge in [0.05, 0.1) is 7.11 Å². The number of thioether (sulfide) groups is 1. The number of nitrogens with two attached hydrogens (primary N) is 1. The minimum absolute atomic E-state index is 0.0525. The molecule has 1 rings (SSSR count). The van der Waals surface area contributed by atoms with Gasteiger partial charge in [-0.1, -0.05) is 0 Å². The lowest BCUT2D eigenvalue weighted by Gasteiger charge is -2.16. The molecule has 114 valence electrons. The third-order valence-corrected chi connectivity index (χ3v) is 5.63. The Morgan fingerprint density at radius 3 is 2.70 bits per heavy atom. The molecule has 8 heteroatoms. The van der Waals surface area contributed by atoms with Gasteiger partial charge in [-0.2, -0.15) is 11.8 Å². The molecule has 0 heterocycles. The molecule has 0 aliphatic carbocycles. The van der Waals surface area contributed by atoms with E-state index < -0.39 is 10.0 Å². The summed E-state index contributed by atoms with van der Waals surface area (Å²) in [6.45, 7) is 1.84. The van der Waals surface area contributed by atoms with Crippen LogP contribution in [0.3, 0.4) is 0 Å². The lowest BCUT2D eigenvalue weighted by atomic mass is 10.3. The molecule has 0 fully saturated rings. The smallest absolute Gasteiger partial charge is 0.244 e. The summed E-state index contributed by atoms with van der Waals surface area (Å²) in [6, 6.07) is 2.80. The third-order valence-electron chi connectivity index (χ3n) is 2.68. The summed E-state index contributed by atoms with van der Waals surface area (Å²) in [6.07, 6.45) is 2.74. The number of halogens is 1. The van der Waals surface area contributed by atoms with Crippen LogP contribution in [0.1, 0.15) is 13.3 Å². The molecular formula is C12H19BrN2O3S2. The molecule has 1 aromatic carbocycles. The van der Waals surface area contributed by atoms with Crippen LogP contribution in [-0.4, -0.2) is 33.6 Å². The van der Waals surface area contributed by atoms with Crippen LogP contribution < -0.4 is 15.2 Å². The van der Waals surface area contributed by atoms with Crippen LogP contribution >= 0.6 is 27.7 Å². The number of sulfonamides is 1. The molecule has 20 heavy (non-hydrogen) atoms. The molecule has 1 aromatic rings. The molecule has 0 spiro atoms. The van der Waals surface area contributed by atoms with Gasteiger partial charge in [-0.15, -0.1) is 0 Å². The quantitative estimate of drug-likeness (QED) is 0.707. The SMILES string of the molecule is COc1cc(Br)c(N)cc1S(=O)(=O)NC(C)CCSC.